The molecule has 0 unspecified atom stereocenters. The minimum absolute atomic E-state index is 0.370. The lowest BCUT2D eigenvalue weighted by atomic mass is 10.1. The Morgan fingerprint density at radius 2 is 1.86 bits per heavy atom. The molecule has 0 fully saturated rings. The predicted molar refractivity (Wildman–Crippen MR) is 88.0 cm³/mol. The third kappa shape index (κ3) is 5.41. The molecule has 0 aliphatic rings. The van der Waals surface area contributed by atoms with Gasteiger partial charge in [0, 0.05) is 19.1 Å². The van der Waals surface area contributed by atoms with Gasteiger partial charge in [0.25, 0.3) is 0 Å². The van der Waals surface area contributed by atoms with Crippen LogP contribution < -0.4 is 10.0 Å². The van der Waals surface area contributed by atoms with Crippen LogP contribution in [0.1, 0.15) is 50.3 Å². The molecular formula is C16H28N2O2S. The number of sulfonamides is 1. The summed E-state index contributed by atoms with van der Waals surface area (Å²) in [7, 11) is -3.42. The zero-order chi connectivity index (χ0) is 16.0. The molecule has 2 N–H and O–H groups in total. The molecule has 0 heterocycles. The van der Waals surface area contributed by atoms with E-state index in [1.165, 1.54) is 0 Å². The molecule has 21 heavy (non-hydrogen) atoms. The average Bonchev–Trinajstić information content (AvgIpc) is 2.39. The minimum atomic E-state index is -3.42. The molecule has 0 saturated heterocycles. The van der Waals surface area contributed by atoms with E-state index in [-0.39, 0.29) is 0 Å². The Kier molecular flexibility index (Phi) is 6.84. The summed E-state index contributed by atoms with van der Waals surface area (Å²) >= 11 is 0. The first-order valence-corrected chi connectivity index (χ1v) is 9.09. The molecule has 0 aliphatic carbocycles. The monoisotopic (exact) mass is 312 g/mol. The topological polar surface area (TPSA) is 58.2 Å². The molecule has 0 amide bonds. The maximum Gasteiger partial charge on any atom is 0.240 e. The van der Waals surface area contributed by atoms with Crippen LogP contribution in [0.2, 0.25) is 0 Å². The van der Waals surface area contributed by atoms with Crippen LogP contribution in [0.5, 0.6) is 0 Å². The van der Waals surface area contributed by atoms with Gasteiger partial charge in [-0.05, 0) is 43.0 Å². The highest BCUT2D eigenvalue weighted by atomic mass is 32.2. The number of hydrogen-bond acceptors (Lipinski definition) is 3. The van der Waals surface area contributed by atoms with Crippen molar-refractivity contribution in [2.24, 2.45) is 0 Å². The SMILES string of the molecule is CCCCNS(=O)(=O)c1cc(CNC(C)C)cc(C)c1C. The van der Waals surface area contributed by atoms with Gasteiger partial charge in [-0.2, -0.15) is 0 Å². The molecule has 0 bridgehead atoms. The molecular weight excluding hydrogens is 284 g/mol. The summed E-state index contributed by atoms with van der Waals surface area (Å²) in [6, 6.07) is 4.20. The summed E-state index contributed by atoms with van der Waals surface area (Å²) in [5, 5.41) is 3.32. The number of rotatable bonds is 8. The second kappa shape index (κ2) is 7.92. The Hall–Kier alpha value is -0.910. The smallest absolute Gasteiger partial charge is 0.240 e. The van der Waals surface area contributed by atoms with Crippen LogP contribution >= 0.6 is 0 Å². The van der Waals surface area contributed by atoms with Crippen molar-refractivity contribution >= 4 is 10.0 Å². The van der Waals surface area contributed by atoms with E-state index in [0.717, 1.165) is 29.5 Å². The van der Waals surface area contributed by atoms with Crippen LogP contribution in [0.15, 0.2) is 17.0 Å². The lowest BCUT2D eigenvalue weighted by Crippen LogP contribution is -2.26. The van der Waals surface area contributed by atoms with Gasteiger partial charge in [-0.15, -0.1) is 0 Å². The van der Waals surface area contributed by atoms with Crippen LogP contribution in [-0.4, -0.2) is 21.0 Å². The van der Waals surface area contributed by atoms with E-state index in [0.29, 0.717) is 24.0 Å². The summed E-state index contributed by atoms with van der Waals surface area (Å²) in [4.78, 5) is 0.402. The van der Waals surface area contributed by atoms with Crippen molar-refractivity contribution in [3.8, 4) is 0 Å². The van der Waals surface area contributed by atoms with Gasteiger partial charge in [-0.25, -0.2) is 13.1 Å². The van der Waals surface area contributed by atoms with Crippen molar-refractivity contribution in [3.05, 3.63) is 28.8 Å². The van der Waals surface area contributed by atoms with Crippen LogP contribution in [0.4, 0.5) is 0 Å². The van der Waals surface area contributed by atoms with Gasteiger partial charge in [0.05, 0.1) is 4.90 Å². The number of aryl methyl sites for hydroxylation is 1. The Morgan fingerprint density at radius 1 is 1.19 bits per heavy atom. The highest BCUT2D eigenvalue weighted by Crippen LogP contribution is 2.21. The molecule has 1 aromatic rings. The Bertz CT molecular complexity index is 566. The maximum atomic E-state index is 12.4. The number of nitrogens with one attached hydrogen (secondary N) is 2. The van der Waals surface area contributed by atoms with Gasteiger partial charge in [0.1, 0.15) is 0 Å². The molecule has 0 saturated carbocycles. The molecule has 0 atom stereocenters. The molecule has 4 nitrogen and oxygen atoms in total. The molecule has 0 aliphatic heterocycles. The van der Waals surface area contributed by atoms with Crippen molar-refractivity contribution in [2.45, 2.75) is 64.9 Å². The maximum absolute atomic E-state index is 12.4. The van der Waals surface area contributed by atoms with Crippen molar-refractivity contribution < 1.29 is 8.42 Å². The summed E-state index contributed by atoms with van der Waals surface area (Å²) in [6.07, 6.45) is 1.82. The average molecular weight is 312 g/mol. The van der Waals surface area contributed by atoms with Crippen LogP contribution in [0.25, 0.3) is 0 Å². The zero-order valence-electron chi connectivity index (χ0n) is 13.8. The first-order valence-electron chi connectivity index (χ1n) is 7.61. The van der Waals surface area contributed by atoms with E-state index in [1.54, 1.807) is 6.07 Å². The lowest BCUT2D eigenvalue weighted by Gasteiger charge is -2.15. The van der Waals surface area contributed by atoms with Gasteiger partial charge in [-0.1, -0.05) is 33.3 Å². The van der Waals surface area contributed by atoms with Crippen molar-refractivity contribution in [3.63, 3.8) is 0 Å². The summed E-state index contributed by atoms with van der Waals surface area (Å²) in [6.45, 7) is 11.2. The predicted octanol–water partition coefficient (Wildman–Crippen LogP) is 2.88. The van der Waals surface area contributed by atoms with E-state index in [4.69, 9.17) is 0 Å². The normalized spacial score (nSPS) is 12.1. The highest BCUT2D eigenvalue weighted by Gasteiger charge is 2.18. The standard InChI is InChI=1S/C16H28N2O2S/c1-6-7-8-18-21(19,20)16-10-15(11-17-12(2)3)9-13(4)14(16)5/h9-10,12,17-18H,6-8,11H2,1-5H3. The summed E-state index contributed by atoms with van der Waals surface area (Å²) in [5.74, 6) is 0. The molecule has 0 radical (unpaired) electrons. The van der Waals surface area contributed by atoms with E-state index in [2.05, 4.69) is 30.0 Å². The lowest BCUT2D eigenvalue weighted by molar-refractivity contribution is 0.575. The van der Waals surface area contributed by atoms with Crippen molar-refractivity contribution in [1.82, 2.24) is 10.0 Å². The van der Waals surface area contributed by atoms with Gasteiger partial charge < -0.3 is 5.32 Å². The van der Waals surface area contributed by atoms with Crippen LogP contribution in [-0.2, 0) is 16.6 Å². The third-order valence-electron chi connectivity index (χ3n) is 3.51. The Labute approximate surface area is 129 Å². The van der Waals surface area contributed by atoms with Crippen molar-refractivity contribution in [1.29, 1.82) is 0 Å². The molecule has 5 heteroatoms. The fraction of sp³-hybridized carbons (Fsp3) is 0.625. The molecule has 1 aromatic carbocycles. The van der Waals surface area contributed by atoms with Crippen LogP contribution in [0, 0.1) is 13.8 Å². The quantitative estimate of drug-likeness (QED) is 0.726. The van der Waals surface area contributed by atoms with Gasteiger partial charge in [-0.3, -0.25) is 0 Å². The van der Waals surface area contributed by atoms with Gasteiger partial charge in [0.2, 0.25) is 10.0 Å². The third-order valence-corrected chi connectivity index (χ3v) is 5.09. The first-order chi connectivity index (χ1) is 9.77. The summed E-state index contributed by atoms with van der Waals surface area (Å²) in [5.41, 5.74) is 2.84. The number of benzene rings is 1. The molecule has 1 rings (SSSR count). The van der Waals surface area contributed by atoms with Gasteiger partial charge in [0.15, 0.2) is 0 Å². The second-order valence-corrected chi connectivity index (χ2v) is 7.56. The fourth-order valence-corrected chi connectivity index (χ4v) is 3.50. The first kappa shape index (κ1) is 18.1. The number of hydrogen-bond donors (Lipinski definition) is 2. The Balaban J connectivity index is 3.04. The van der Waals surface area contributed by atoms with E-state index in [9.17, 15) is 8.42 Å². The van der Waals surface area contributed by atoms with Crippen molar-refractivity contribution in [2.75, 3.05) is 6.54 Å². The molecule has 120 valence electrons. The zero-order valence-corrected chi connectivity index (χ0v) is 14.6. The molecule has 0 spiro atoms. The second-order valence-electron chi connectivity index (χ2n) is 5.82. The highest BCUT2D eigenvalue weighted by molar-refractivity contribution is 7.89. The van der Waals surface area contributed by atoms with Gasteiger partial charge >= 0.3 is 0 Å². The summed E-state index contributed by atoms with van der Waals surface area (Å²) < 4.78 is 27.6. The largest absolute Gasteiger partial charge is 0.310 e. The minimum Gasteiger partial charge on any atom is -0.310 e. The van der Waals surface area contributed by atoms with E-state index >= 15 is 0 Å². The van der Waals surface area contributed by atoms with E-state index < -0.39 is 10.0 Å². The fourth-order valence-electron chi connectivity index (χ4n) is 2.06. The molecule has 0 aromatic heterocycles. The Morgan fingerprint density at radius 3 is 2.43 bits per heavy atom. The van der Waals surface area contributed by atoms with Crippen LogP contribution in [0.3, 0.4) is 0 Å². The van der Waals surface area contributed by atoms with E-state index in [1.807, 2.05) is 20.8 Å². The number of unbranched alkanes of at least 4 members (excludes halogenated alkanes) is 1.